The number of unbranched alkanes of at least 4 members (excludes halogenated alkanes) is 10. The lowest BCUT2D eigenvalue weighted by atomic mass is 10.1. The van der Waals surface area contributed by atoms with Crippen LogP contribution in [-0.4, -0.2) is 13.1 Å². The lowest BCUT2D eigenvalue weighted by Crippen LogP contribution is -3.07. The topological polar surface area (TPSA) is 27.5 Å². The van der Waals surface area contributed by atoms with Gasteiger partial charge in [0.05, 0.1) is 13.1 Å². The van der Waals surface area contributed by atoms with Gasteiger partial charge in [-0.2, -0.15) is 0 Å². The normalized spacial score (nSPS) is 11.3. The molecule has 0 saturated heterocycles. The Morgan fingerprint density at radius 1 is 0.556 bits per heavy atom. The van der Waals surface area contributed by atoms with Crippen LogP contribution in [0, 0.1) is 5.21 Å². The van der Waals surface area contributed by atoms with Crippen LogP contribution in [0.3, 0.4) is 0 Å². The van der Waals surface area contributed by atoms with Gasteiger partial charge in [-0.3, -0.25) is 0 Å². The summed E-state index contributed by atoms with van der Waals surface area (Å²) in [6.45, 7) is 6.15. The highest BCUT2D eigenvalue weighted by atomic mass is 16.5. The van der Waals surface area contributed by atoms with Crippen molar-refractivity contribution in [1.29, 1.82) is 0 Å². The number of hydrogen-bond acceptors (Lipinski definition) is 1. The van der Waals surface area contributed by atoms with Crippen molar-refractivity contribution in [1.82, 2.24) is 0 Å². The van der Waals surface area contributed by atoms with Gasteiger partial charge in [0.25, 0.3) is 0 Å². The van der Waals surface area contributed by atoms with Crippen LogP contribution < -0.4 is 5.06 Å². The maximum Gasteiger partial charge on any atom is 0.0768 e. The molecule has 0 fully saturated rings. The minimum absolute atomic E-state index is 0.501. The van der Waals surface area contributed by atoms with Crippen LogP contribution in [0.25, 0.3) is 0 Å². The molecule has 0 aromatic heterocycles. The van der Waals surface area contributed by atoms with Crippen molar-refractivity contribution in [2.75, 3.05) is 13.1 Å². The van der Waals surface area contributed by atoms with Gasteiger partial charge in [0.2, 0.25) is 0 Å². The smallest absolute Gasteiger partial charge is 0.0768 e. The predicted octanol–water partition coefficient (Wildman–Crippen LogP) is 4.09. The van der Waals surface area contributed by atoms with E-state index < -0.39 is 0 Å². The van der Waals surface area contributed by atoms with Crippen molar-refractivity contribution in [3.05, 3.63) is 5.21 Å². The molecule has 0 aromatic rings. The predicted molar refractivity (Wildman–Crippen MR) is 80.8 cm³/mol. The fourth-order valence-corrected chi connectivity index (χ4v) is 2.33. The first-order valence-corrected chi connectivity index (χ1v) is 8.33. The molecule has 0 saturated carbocycles. The molecule has 18 heavy (non-hydrogen) atoms. The monoisotopic (exact) mass is 257 g/mol. The summed E-state index contributed by atoms with van der Waals surface area (Å²) in [5.41, 5.74) is 0. The van der Waals surface area contributed by atoms with E-state index in [1.165, 1.54) is 64.2 Å². The Bertz CT molecular complexity index is 134. The number of hydrogen-bond donors (Lipinski definition) is 1. The number of quaternary nitrogens is 1. The molecule has 0 bridgehead atoms. The van der Waals surface area contributed by atoms with Crippen LogP contribution in [0.1, 0.15) is 90.9 Å². The van der Waals surface area contributed by atoms with Crippen LogP contribution in [0.15, 0.2) is 0 Å². The van der Waals surface area contributed by atoms with E-state index in [9.17, 15) is 5.21 Å². The molecule has 0 unspecified atom stereocenters. The Labute approximate surface area is 115 Å². The molecule has 2 heteroatoms. The van der Waals surface area contributed by atoms with Crippen LogP contribution in [0.4, 0.5) is 0 Å². The molecule has 110 valence electrons. The zero-order valence-electron chi connectivity index (χ0n) is 12.8. The fourth-order valence-electron chi connectivity index (χ4n) is 2.33. The minimum Gasteiger partial charge on any atom is -0.634 e. The summed E-state index contributed by atoms with van der Waals surface area (Å²) < 4.78 is 0. The number of rotatable bonds is 14. The standard InChI is InChI=1S/C16H35NO/c1-3-5-7-9-11-13-15-17(18)16-14-12-10-8-6-4-2/h17H,3-16H2,1-2H3. The summed E-state index contributed by atoms with van der Waals surface area (Å²) >= 11 is 0. The Morgan fingerprint density at radius 3 is 1.28 bits per heavy atom. The third kappa shape index (κ3) is 14.0. The molecule has 0 spiro atoms. The quantitative estimate of drug-likeness (QED) is 0.368. The van der Waals surface area contributed by atoms with E-state index in [2.05, 4.69) is 13.8 Å². The summed E-state index contributed by atoms with van der Waals surface area (Å²) in [7, 11) is 0. The van der Waals surface area contributed by atoms with Crippen LogP contribution in [0.2, 0.25) is 0 Å². The fraction of sp³-hybridized carbons (Fsp3) is 1.00. The maximum atomic E-state index is 11.6. The largest absolute Gasteiger partial charge is 0.634 e. The van der Waals surface area contributed by atoms with Gasteiger partial charge in [0.15, 0.2) is 0 Å². The van der Waals surface area contributed by atoms with Crippen molar-refractivity contribution in [3.8, 4) is 0 Å². The molecule has 0 aliphatic carbocycles. The second-order valence-corrected chi connectivity index (χ2v) is 5.57. The average molecular weight is 257 g/mol. The summed E-state index contributed by atoms with van der Waals surface area (Å²) in [5, 5.41) is 12.1. The lowest BCUT2D eigenvalue weighted by Gasteiger charge is -2.22. The number of hydroxylamine groups is 2. The Balaban J connectivity index is 3.10. The summed E-state index contributed by atoms with van der Waals surface area (Å²) in [5.74, 6) is 0. The third-order valence-electron chi connectivity index (χ3n) is 3.62. The highest BCUT2D eigenvalue weighted by Crippen LogP contribution is 2.04. The van der Waals surface area contributed by atoms with Gasteiger partial charge in [0, 0.05) is 0 Å². The molecule has 0 radical (unpaired) electrons. The van der Waals surface area contributed by atoms with Gasteiger partial charge in [0.1, 0.15) is 0 Å². The van der Waals surface area contributed by atoms with Crippen molar-refractivity contribution >= 4 is 0 Å². The van der Waals surface area contributed by atoms with Gasteiger partial charge < -0.3 is 10.3 Å². The van der Waals surface area contributed by atoms with Crippen molar-refractivity contribution in [3.63, 3.8) is 0 Å². The molecule has 0 heterocycles. The van der Waals surface area contributed by atoms with E-state index in [1.807, 2.05) is 0 Å². The first-order chi connectivity index (χ1) is 8.81. The Kier molecular flexibility index (Phi) is 14.9. The summed E-state index contributed by atoms with van der Waals surface area (Å²) in [6, 6.07) is 0. The van der Waals surface area contributed by atoms with Crippen LogP contribution >= 0.6 is 0 Å². The first-order valence-electron chi connectivity index (χ1n) is 8.33. The van der Waals surface area contributed by atoms with E-state index in [0.29, 0.717) is 5.06 Å². The van der Waals surface area contributed by atoms with Gasteiger partial charge in [-0.15, -0.1) is 0 Å². The molecule has 2 nitrogen and oxygen atoms in total. The van der Waals surface area contributed by atoms with Gasteiger partial charge >= 0.3 is 0 Å². The van der Waals surface area contributed by atoms with Crippen LogP contribution in [0.5, 0.6) is 0 Å². The van der Waals surface area contributed by atoms with Gasteiger partial charge in [-0.1, -0.05) is 65.2 Å². The van der Waals surface area contributed by atoms with Crippen molar-refractivity contribution < 1.29 is 5.06 Å². The summed E-state index contributed by atoms with van der Waals surface area (Å²) in [6.07, 6.45) is 15.4. The molecule has 1 N–H and O–H groups in total. The van der Waals surface area contributed by atoms with Crippen molar-refractivity contribution in [2.24, 2.45) is 0 Å². The van der Waals surface area contributed by atoms with Gasteiger partial charge in [-0.25, -0.2) is 0 Å². The molecule has 0 aliphatic rings. The average Bonchev–Trinajstić information content (AvgIpc) is 2.38. The maximum absolute atomic E-state index is 11.6. The Hall–Kier alpha value is -0.0800. The van der Waals surface area contributed by atoms with E-state index >= 15 is 0 Å². The van der Waals surface area contributed by atoms with E-state index in [1.54, 1.807) is 0 Å². The molecular formula is C16H35NO. The number of nitrogens with one attached hydrogen (secondary N) is 1. The second kappa shape index (κ2) is 15.0. The van der Waals surface area contributed by atoms with E-state index in [4.69, 9.17) is 0 Å². The molecule has 0 aliphatic heterocycles. The molecule has 0 atom stereocenters. The molecule has 0 aromatic carbocycles. The summed E-state index contributed by atoms with van der Waals surface area (Å²) in [4.78, 5) is 0. The van der Waals surface area contributed by atoms with Crippen molar-refractivity contribution in [2.45, 2.75) is 90.9 Å². The molecule has 0 amide bonds. The highest BCUT2D eigenvalue weighted by molar-refractivity contribution is 4.45. The van der Waals surface area contributed by atoms with Gasteiger partial charge in [-0.05, 0) is 25.7 Å². The van der Waals surface area contributed by atoms with Crippen LogP contribution in [-0.2, 0) is 0 Å². The Morgan fingerprint density at radius 2 is 0.889 bits per heavy atom. The van der Waals surface area contributed by atoms with E-state index in [-0.39, 0.29) is 0 Å². The zero-order chi connectivity index (χ0) is 13.5. The second-order valence-electron chi connectivity index (χ2n) is 5.57. The highest BCUT2D eigenvalue weighted by Gasteiger charge is 1.98. The third-order valence-corrected chi connectivity index (χ3v) is 3.62. The molecule has 0 rings (SSSR count). The SMILES string of the molecule is CCCCCCCC[NH+]([O-])CCCCCCCC. The molecular weight excluding hydrogens is 222 g/mol. The minimum atomic E-state index is 0.501. The zero-order valence-corrected chi connectivity index (χ0v) is 12.8. The van der Waals surface area contributed by atoms with E-state index in [0.717, 1.165) is 25.9 Å². The lowest BCUT2D eigenvalue weighted by molar-refractivity contribution is -0.848. The first kappa shape index (κ1) is 17.9.